The summed E-state index contributed by atoms with van der Waals surface area (Å²) in [5, 5.41) is 0.957. The number of rotatable bonds is 7. The number of piperidine rings is 1. The van der Waals surface area contributed by atoms with E-state index in [0.717, 1.165) is 51.9 Å². The summed E-state index contributed by atoms with van der Waals surface area (Å²) in [7, 11) is 3.25. The van der Waals surface area contributed by atoms with Gasteiger partial charge in [-0.3, -0.25) is 4.79 Å². The SMILES string of the molecule is COc1ccc(-c2cc(=O)n(Cc3ccc(OC4CCN(C(=O)OC(C)(C)C)CC4)cc3)c3cc(OC)ccc23)cc1. The van der Waals surface area contributed by atoms with Gasteiger partial charge in [-0.05, 0) is 73.9 Å². The summed E-state index contributed by atoms with van der Waals surface area (Å²) in [5.41, 5.74) is 2.97. The molecule has 0 bridgehead atoms. The molecule has 0 atom stereocenters. The van der Waals surface area contributed by atoms with E-state index >= 15 is 0 Å². The van der Waals surface area contributed by atoms with Crippen molar-refractivity contribution in [3.8, 4) is 28.4 Å². The Hall–Kier alpha value is -4.46. The predicted molar refractivity (Wildman–Crippen MR) is 164 cm³/mol. The van der Waals surface area contributed by atoms with Crippen LogP contribution in [0.15, 0.2) is 77.6 Å². The Balaban J connectivity index is 1.31. The second-order valence-electron chi connectivity index (χ2n) is 11.5. The highest BCUT2D eigenvalue weighted by atomic mass is 16.6. The largest absolute Gasteiger partial charge is 0.497 e. The number of benzene rings is 3. The van der Waals surface area contributed by atoms with Crippen LogP contribution in [0, 0.1) is 0 Å². The van der Waals surface area contributed by atoms with Gasteiger partial charge in [0.2, 0.25) is 0 Å². The summed E-state index contributed by atoms with van der Waals surface area (Å²) < 4.78 is 24.3. The Kier molecular flexibility index (Phi) is 8.43. The molecule has 1 aliphatic rings. The van der Waals surface area contributed by atoms with Gasteiger partial charge in [-0.1, -0.05) is 24.3 Å². The standard InChI is InChI=1S/C34H38N2O6/c1-34(2,3)42-33(38)35-18-16-27(17-19-35)41-26-10-6-23(7-11-26)22-36-31-20-28(40-5)14-15-29(31)30(21-32(36)37)24-8-12-25(39-4)13-9-24/h6-15,20-21,27H,16-19,22H2,1-5H3. The maximum atomic E-state index is 13.5. The van der Waals surface area contributed by atoms with E-state index < -0.39 is 5.60 Å². The third kappa shape index (κ3) is 6.70. The molecule has 1 aromatic heterocycles. The van der Waals surface area contributed by atoms with Gasteiger partial charge in [0, 0.05) is 43.5 Å². The van der Waals surface area contributed by atoms with Crippen LogP contribution in [-0.2, 0) is 11.3 Å². The van der Waals surface area contributed by atoms with Crippen molar-refractivity contribution in [2.45, 2.75) is 51.9 Å². The highest BCUT2D eigenvalue weighted by molar-refractivity contribution is 5.95. The second kappa shape index (κ2) is 12.2. The van der Waals surface area contributed by atoms with Gasteiger partial charge in [0.05, 0.1) is 26.3 Å². The van der Waals surface area contributed by atoms with Crippen LogP contribution in [0.4, 0.5) is 4.79 Å². The van der Waals surface area contributed by atoms with Crippen molar-refractivity contribution in [3.63, 3.8) is 0 Å². The van der Waals surface area contributed by atoms with Crippen LogP contribution in [-0.4, -0.2) is 54.6 Å². The zero-order valence-electron chi connectivity index (χ0n) is 24.9. The highest BCUT2D eigenvalue weighted by Gasteiger charge is 2.27. The van der Waals surface area contributed by atoms with Crippen molar-refractivity contribution in [3.05, 3.63) is 88.7 Å². The van der Waals surface area contributed by atoms with Crippen molar-refractivity contribution in [2.75, 3.05) is 27.3 Å². The van der Waals surface area contributed by atoms with Crippen molar-refractivity contribution >= 4 is 17.0 Å². The van der Waals surface area contributed by atoms with Crippen LogP contribution in [0.3, 0.4) is 0 Å². The molecule has 0 N–H and O–H groups in total. The molecule has 5 rings (SSSR count). The molecule has 1 amide bonds. The van der Waals surface area contributed by atoms with Crippen LogP contribution in [0.5, 0.6) is 17.2 Å². The van der Waals surface area contributed by atoms with E-state index in [2.05, 4.69) is 0 Å². The summed E-state index contributed by atoms with van der Waals surface area (Å²) >= 11 is 0. The molecule has 1 fully saturated rings. The molecule has 3 aromatic carbocycles. The number of aromatic nitrogens is 1. The van der Waals surface area contributed by atoms with Crippen LogP contribution < -0.4 is 19.8 Å². The minimum atomic E-state index is -0.506. The number of likely N-dealkylation sites (tertiary alicyclic amines) is 1. The zero-order valence-corrected chi connectivity index (χ0v) is 24.9. The number of carbonyl (C=O) groups is 1. The Bertz CT molecular complexity index is 1600. The topological polar surface area (TPSA) is 79.2 Å². The lowest BCUT2D eigenvalue weighted by atomic mass is 10.0. The molecule has 0 saturated carbocycles. The molecule has 8 heteroatoms. The number of nitrogens with zero attached hydrogens (tertiary/aromatic N) is 2. The van der Waals surface area contributed by atoms with E-state index in [1.165, 1.54) is 0 Å². The van der Waals surface area contributed by atoms with Gasteiger partial charge in [0.15, 0.2) is 0 Å². The Morgan fingerprint density at radius 2 is 1.45 bits per heavy atom. The van der Waals surface area contributed by atoms with Gasteiger partial charge in [0.25, 0.3) is 5.56 Å². The number of pyridine rings is 1. The second-order valence-corrected chi connectivity index (χ2v) is 11.5. The lowest BCUT2D eigenvalue weighted by Crippen LogP contribution is -2.44. The number of hydrogen-bond acceptors (Lipinski definition) is 6. The molecular weight excluding hydrogens is 532 g/mol. The van der Waals surface area contributed by atoms with Gasteiger partial charge in [-0.25, -0.2) is 4.79 Å². The molecule has 1 saturated heterocycles. The van der Waals surface area contributed by atoms with E-state index in [1.807, 2.05) is 87.5 Å². The Morgan fingerprint density at radius 3 is 2.07 bits per heavy atom. The summed E-state index contributed by atoms with van der Waals surface area (Å²) in [6, 6.07) is 23.1. The maximum absolute atomic E-state index is 13.5. The van der Waals surface area contributed by atoms with E-state index in [-0.39, 0.29) is 17.8 Å². The third-order valence-corrected chi connectivity index (χ3v) is 7.38. The number of methoxy groups -OCH3 is 2. The van der Waals surface area contributed by atoms with Crippen LogP contribution in [0.1, 0.15) is 39.2 Å². The van der Waals surface area contributed by atoms with E-state index in [9.17, 15) is 9.59 Å². The smallest absolute Gasteiger partial charge is 0.410 e. The first kappa shape index (κ1) is 29.0. The summed E-state index contributed by atoms with van der Waals surface area (Å²) in [6.07, 6.45) is 1.23. The molecule has 0 aliphatic carbocycles. The molecule has 220 valence electrons. The van der Waals surface area contributed by atoms with Crippen molar-refractivity contribution in [1.29, 1.82) is 0 Å². The molecule has 0 spiro atoms. The van der Waals surface area contributed by atoms with Gasteiger partial charge in [-0.15, -0.1) is 0 Å². The zero-order chi connectivity index (χ0) is 29.9. The fourth-order valence-corrected chi connectivity index (χ4v) is 5.19. The molecule has 4 aromatic rings. The van der Waals surface area contributed by atoms with Crippen LogP contribution in [0.25, 0.3) is 22.0 Å². The molecule has 8 nitrogen and oxygen atoms in total. The Morgan fingerprint density at radius 1 is 0.833 bits per heavy atom. The minimum Gasteiger partial charge on any atom is -0.497 e. The predicted octanol–water partition coefficient (Wildman–Crippen LogP) is 6.51. The summed E-state index contributed by atoms with van der Waals surface area (Å²) in [5.74, 6) is 2.21. The monoisotopic (exact) mass is 570 g/mol. The van der Waals surface area contributed by atoms with Crippen LogP contribution >= 0.6 is 0 Å². The van der Waals surface area contributed by atoms with Gasteiger partial charge < -0.3 is 28.4 Å². The molecule has 0 unspecified atom stereocenters. The quantitative estimate of drug-likeness (QED) is 0.252. The van der Waals surface area contributed by atoms with Crippen molar-refractivity contribution in [2.24, 2.45) is 0 Å². The lowest BCUT2D eigenvalue weighted by Gasteiger charge is -2.33. The molecular formula is C34H38N2O6. The summed E-state index contributed by atoms with van der Waals surface area (Å²) in [4.78, 5) is 27.6. The van der Waals surface area contributed by atoms with Crippen LogP contribution in [0.2, 0.25) is 0 Å². The lowest BCUT2D eigenvalue weighted by molar-refractivity contribution is 0.0126. The van der Waals surface area contributed by atoms with E-state index in [1.54, 1.807) is 29.8 Å². The number of fused-ring (bicyclic) bond motifs is 1. The Labute approximate surface area is 246 Å². The normalized spacial score (nSPS) is 14.1. The maximum Gasteiger partial charge on any atom is 0.410 e. The van der Waals surface area contributed by atoms with Crippen molar-refractivity contribution < 1.29 is 23.7 Å². The van der Waals surface area contributed by atoms with Gasteiger partial charge >= 0.3 is 6.09 Å². The molecule has 0 radical (unpaired) electrons. The highest BCUT2D eigenvalue weighted by Crippen LogP contribution is 2.31. The van der Waals surface area contributed by atoms with E-state index in [0.29, 0.717) is 25.4 Å². The fourth-order valence-electron chi connectivity index (χ4n) is 5.19. The first-order valence-electron chi connectivity index (χ1n) is 14.2. The van der Waals surface area contributed by atoms with Gasteiger partial charge in [-0.2, -0.15) is 0 Å². The third-order valence-electron chi connectivity index (χ3n) is 7.38. The van der Waals surface area contributed by atoms with Gasteiger partial charge in [0.1, 0.15) is 29.0 Å². The fraction of sp³-hybridized carbons (Fsp3) is 0.353. The average Bonchev–Trinajstić information content (AvgIpc) is 2.98. The number of carbonyl (C=O) groups excluding carboxylic acids is 1. The number of ether oxygens (including phenoxy) is 4. The molecule has 2 heterocycles. The first-order chi connectivity index (χ1) is 20.1. The summed E-state index contributed by atoms with van der Waals surface area (Å²) in [6.45, 7) is 7.22. The number of amides is 1. The molecule has 42 heavy (non-hydrogen) atoms. The number of hydrogen-bond donors (Lipinski definition) is 0. The molecule has 1 aliphatic heterocycles. The first-order valence-corrected chi connectivity index (χ1v) is 14.2. The van der Waals surface area contributed by atoms with Crippen molar-refractivity contribution in [1.82, 2.24) is 9.47 Å². The minimum absolute atomic E-state index is 0.0269. The van der Waals surface area contributed by atoms with E-state index in [4.69, 9.17) is 18.9 Å². The average molecular weight is 571 g/mol.